The molecule has 1 atom stereocenters. The van der Waals surface area contributed by atoms with Gasteiger partial charge in [-0.1, -0.05) is 24.3 Å². The molecule has 1 aliphatic carbocycles. The second-order valence-corrected chi connectivity index (χ2v) is 5.78. The van der Waals surface area contributed by atoms with Crippen molar-refractivity contribution >= 4 is 5.69 Å². The molecule has 0 fully saturated rings. The van der Waals surface area contributed by atoms with Gasteiger partial charge in [-0.2, -0.15) is 13.2 Å². The van der Waals surface area contributed by atoms with E-state index in [9.17, 15) is 13.2 Å². The Labute approximate surface area is 128 Å². The van der Waals surface area contributed by atoms with Crippen LogP contribution in [0.4, 0.5) is 18.9 Å². The molecule has 1 radical (unpaired) electrons. The first-order chi connectivity index (χ1) is 10.4. The van der Waals surface area contributed by atoms with Crippen LogP contribution in [0.25, 0.3) is 0 Å². The molecule has 0 bridgehead atoms. The summed E-state index contributed by atoms with van der Waals surface area (Å²) >= 11 is 0. The minimum atomic E-state index is -4.37. The van der Waals surface area contributed by atoms with Gasteiger partial charge in [-0.3, -0.25) is 0 Å². The number of anilines is 1. The van der Waals surface area contributed by atoms with Gasteiger partial charge in [0, 0.05) is 12.7 Å². The summed E-state index contributed by atoms with van der Waals surface area (Å²) in [5.41, 5.74) is 2.67. The Hall–Kier alpha value is -1.97. The molecule has 2 aromatic carbocycles. The van der Waals surface area contributed by atoms with Crippen molar-refractivity contribution < 1.29 is 13.2 Å². The third-order valence-corrected chi connectivity index (χ3v) is 4.33. The van der Waals surface area contributed by atoms with E-state index >= 15 is 0 Å². The maximum absolute atomic E-state index is 13.3. The highest BCUT2D eigenvalue weighted by Crippen LogP contribution is 2.42. The average molecular weight is 304 g/mol. The summed E-state index contributed by atoms with van der Waals surface area (Å²) in [5.74, 6) is 0. The van der Waals surface area contributed by atoms with Crippen molar-refractivity contribution in [2.75, 3.05) is 11.9 Å². The second-order valence-electron chi connectivity index (χ2n) is 5.78. The molecule has 22 heavy (non-hydrogen) atoms. The standard InChI is InChI=1S/C18H17F3N/c1-12-7-9-15(18(19,20)21)17(11-12)22(2)16-10-8-13-5-3-4-6-14(13)16/h3-6,9,11,16H,8,10H2,1-2H3. The fraction of sp³-hybridized carbons (Fsp3) is 0.333. The molecule has 1 unspecified atom stereocenters. The number of benzene rings is 2. The molecular formula is C18H17F3N. The van der Waals surface area contributed by atoms with Crippen LogP contribution < -0.4 is 4.90 Å². The first-order valence-electron chi connectivity index (χ1n) is 7.28. The highest BCUT2D eigenvalue weighted by atomic mass is 19.4. The van der Waals surface area contributed by atoms with Crippen molar-refractivity contribution in [3.05, 3.63) is 64.7 Å². The Bertz CT molecular complexity index is 691. The lowest BCUT2D eigenvalue weighted by molar-refractivity contribution is -0.137. The molecule has 0 spiro atoms. The van der Waals surface area contributed by atoms with Crippen molar-refractivity contribution in [1.82, 2.24) is 0 Å². The van der Waals surface area contributed by atoms with Gasteiger partial charge in [0.05, 0.1) is 11.6 Å². The largest absolute Gasteiger partial charge is 0.418 e. The van der Waals surface area contributed by atoms with Gasteiger partial charge in [-0.15, -0.1) is 0 Å². The molecule has 3 rings (SSSR count). The number of alkyl halides is 3. The summed E-state index contributed by atoms with van der Waals surface area (Å²) in [6, 6.07) is 13.3. The molecular weight excluding hydrogens is 287 g/mol. The number of nitrogens with zero attached hydrogens (tertiary/aromatic N) is 1. The number of hydrogen-bond acceptors (Lipinski definition) is 1. The first-order valence-corrected chi connectivity index (χ1v) is 7.28. The monoisotopic (exact) mass is 304 g/mol. The SMILES string of the molecule is Cc1[c]cc(C(F)(F)F)c(N(C)C2CCc3ccccc32)c1. The van der Waals surface area contributed by atoms with Crippen LogP contribution >= 0.6 is 0 Å². The quantitative estimate of drug-likeness (QED) is 0.760. The van der Waals surface area contributed by atoms with Crippen molar-refractivity contribution in [3.8, 4) is 0 Å². The molecule has 4 heteroatoms. The molecule has 1 aliphatic rings. The number of rotatable bonds is 2. The van der Waals surface area contributed by atoms with Crippen LogP contribution in [0, 0.1) is 13.0 Å². The second kappa shape index (κ2) is 5.34. The van der Waals surface area contributed by atoms with E-state index in [0.717, 1.165) is 24.5 Å². The first kappa shape index (κ1) is 14.9. The van der Waals surface area contributed by atoms with Crippen molar-refractivity contribution in [2.24, 2.45) is 0 Å². The van der Waals surface area contributed by atoms with E-state index in [1.807, 2.05) is 18.2 Å². The van der Waals surface area contributed by atoms with Crippen molar-refractivity contribution in [3.63, 3.8) is 0 Å². The zero-order chi connectivity index (χ0) is 15.9. The van der Waals surface area contributed by atoms with Crippen LogP contribution in [0.3, 0.4) is 0 Å². The number of aryl methyl sites for hydroxylation is 2. The Balaban J connectivity index is 2.03. The van der Waals surface area contributed by atoms with E-state index in [-0.39, 0.29) is 11.7 Å². The lowest BCUT2D eigenvalue weighted by Gasteiger charge is -2.30. The maximum atomic E-state index is 13.3. The van der Waals surface area contributed by atoms with Crippen LogP contribution in [0.15, 0.2) is 36.4 Å². The predicted molar refractivity (Wildman–Crippen MR) is 80.9 cm³/mol. The van der Waals surface area contributed by atoms with Crippen LogP contribution in [0.1, 0.15) is 34.7 Å². The molecule has 2 aromatic rings. The molecule has 0 heterocycles. The van der Waals surface area contributed by atoms with Crippen LogP contribution in [-0.2, 0) is 12.6 Å². The summed E-state index contributed by atoms with van der Waals surface area (Å²) in [5, 5.41) is 0. The third-order valence-electron chi connectivity index (χ3n) is 4.33. The Morgan fingerprint density at radius 1 is 1.23 bits per heavy atom. The van der Waals surface area contributed by atoms with Crippen molar-refractivity contribution in [1.29, 1.82) is 0 Å². The van der Waals surface area contributed by atoms with Gasteiger partial charge in [-0.25, -0.2) is 0 Å². The van der Waals surface area contributed by atoms with Gasteiger partial charge in [0.2, 0.25) is 0 Å². The summed E-state index contributed by atoms with van der Waals surface area (Å²) in [6.07, 6.45) is -2.62. The van der Waals surface area contributed by atoms with E-state index in [2.05, 4.69) is 12.1 Å². The molecule has 115 valence electrons. The lowest BCUT2D eigenvalue weighted by atomic mass is 10.0. The Morgan fingerprint density at radius 2 is 1.95 bits per heavy atom. The molecule has 0 saturated carbocycles. The molecule has 0 aliphatic heterocycles. The van der Waals surface area contributed by atoms with E-state index in [0.29, 0.717) is 5.56 Å². The molecule has 0 saturated heterocycles. The smallest absolute Gasteiger partial charge is 0.367 e. The van der Waals surface area contributed by atoms with Gasteiger partial charge in [-0.05, 0) is 54.7 Å². The summed E-state index contributed by atoms with van der Waals surface area (Å²) in [4.78, 5) is 1.76. The van der Waals surface area contributed by atoms with Gasteiger partial charge >= 0.3 is 6.18 Å². The fourth-order valence-electron chi connectivity index (χ4n) is 3.21. The maximum Gasteiger partial charge on any atom is 0.418 e. The van der Waals surface area contributed by atoms with Gasteiger partial charge < -0.3 is 4.90 Å². The van der Waals surface area contributed by atoms with Gasteiger partial charge in [0.25, 0.3) is 0 Å². The minimum Gasteiger partial charge on any atom is -0.367 e. The number of hydrogen-bond donors (Lipinski definition) is 0. The predicted octanol–water partition coefficient (Wildman–Crippen LogP) is 4.94. The van der Waals surface area contributed by atoms with E-state index in [1.165, 1.54) is 5.56 Å². The highest BCUT2D eigenvalue weighted by Gasteiger charge is 2.36. The normalized spacial score (nSPS) is 17.4. The van der Waals surface area contributed by atoms with E-state index < -0.39 is 11.7 Å². The average Bonchev–Trinajstić information content (AvgIpc) is 2.89. The third kappa shape index (κ3) is 2.58. The summed E-state index contributed by atoms with van der Waals surface area (Å²) in [7, 11) is 1.75. The van der Waals surface area contributed by atoms with E-state index in [1.54, 1.807) is 24.9 Å². The van der Waals surface area contributed by atoms with Crippen LogP contribution in [-0.4, -0.2) is 7.05 Å². The van der Waals surface area contributed by atoms with Gasteiger partial charge in [0.1, 0.15) is 0 Å². The minimum absolute atomic E-state index is 0.0147. The van der Waals surface area contributed by atoms with Crippen LogP contribution in [0.2, 0.25) is 0 Å². The topological polar surface area (TPSA) is 3.24 Å². The van der Waals surface area contributed by atoms with Crippen molar-refractivity contribution in [2.45, 2.75) is 32.0 Å². The van der Waals surface area contributed by atoms with E-state index in [4.69, 9.17) is 0 Å². The molecule has 1 nitrogen and oxygen atoms in total. The summed E-state index contributed by atoms with van der Waals surface area (Å²) in [6.45, 7) is 1.76. The summed E-state index contributed by atoms with van der Waals surface area (Å²) < 4.78 is 39.8. The van der Waals surface area contributed by atoms with Gasteiger partial charge in [0.15, 0.2) is 0 Å². The zero-order valence-corrected chi connectivity index (χ0v) is 12.5. The van der Waals surface area contributed by atoms with Crippen LogP contribution in [0.5, 0.6) is 0 Å². The Morgan fingerprint density at radius 3 is 2.68 bits per heavy atom. The zero-order valence-electron chi connectivity index (χ0n) is 12.5. The molecule has 0 amide bonds. The highest BCUT2D eigenvalue weighted by molar-refractivity contribution is 5.58. The number of halogens is 3. The lowest BCUT2D eigenvalue weighted by Crippen LogP contribution is -2.25. The molecule has 0 aromatic heterocycles. The fourth-order valence-corrected chi connectivity index (χ4v) is 3.21. The molecule has 0 N–H and O–H groups in total. The number of fused-ring (bicyclic) bond motifs is 1. The Kier molecular flexibility index (Phi) is 3.63.